The Morgan fingerprint density at radius 2 is 2.04 bits per heavy atom. The lowest BCUT2D eigenvalue weighted by molar-refractivity contribution is -0.120. The van der Waals surface area contributed by atoms with Crippen molar-refractivity contribution in [2.24, 2.45) is 28.6 Å². The van der Waals surface area contributed by atoms with Gasteiger partial charge in [-0.1, -0.05) is 31.6 Å². The third-order valence-corrected chi connectivity index (χ3v) is 8.54. The lowest BCUT2D eigenvalue weighted by Gasteiger charge is -2.59. The van der Waals surface area contributed by atoms with Crippen LogP contribution in [0.4, 0.5) is 0 Å². The Bertz CT molecular complexity index is 841. The fourth-order valence-electron chi connectivity index (χ4n) is 7.07. The molecule has 27 heavy (non-hydrogen) atoms. The van der Waals surface area contributed by atoms with Crippen molar-refractivity contribution < 1.29 is 9.90 Å². The number of hydrogen-bond acceptors (Lipinski definition) is 3. The number of pyridine rings is 1. The quantitative estimate of drug-likeness (QED) is 0.795. The van der Waals surface area contributed by atoms with E-state index in [-0.39, 0.29) is 22.7 Å². The molecule has 1 aromatic heterocycles. The van der Waals surface area contributed by atoms with E-state index in [2.05, 4.69) is 31.0 Å². The molecule has 2 saturated carbocycles. The third-order valence-electron chi connectivity index (χ3n) is 8.54. The summed E-state index contributed by atoms with van der Waals surface area (Å²) in [6, 6.07) is 4.19. The van der Waals surface area contributed by atoms with Crippen LogP contribution >= 0.6 is 0 Å². The van der Waals surface area contributed by atoms with Crippen LogP contribution in [0.5, 0.6) is 0 Å². The molecule has 0 bridgehead atoms. The minimum absolute atomic E-state index is 0.0934. The average molecular weight is 364 g/mol. The Hall–Kier alpha value is -1.74. The first kappa shape index (κ1) is 17.4. The molecule has 0 radical (unpaired) electrons. The van der Waals surface area contributed by atoms with Crippen LogP contribution in [0.1, 0.15) is 57.9 Å². The molecule has 0 aromatic carbocycles. The summed E-state index contributed by atoms with van der Waals surface area (Å²) >= 11 is 0. The van der Waals surface area contributed by atoms with Gasteiger partial charge in [-0.25, -0.2) is 0 Å². The van der Waals surface area contributed by atoms with E-state index in [1.54, 1.807) is 0 Å². The molecule has 1 aromatic rings. The molecule has 5 rings (SSSR count). The van der Waals surface area contributed by atoms with Gasteiger partial charge in [0.1, 0.15) is 0 Å². The number of allylic oxidation sites excluding steroid dienone is 3. The fraction of sp³-hybridized carbons (Fsp3) is 0.583. The van der Waals surface area contributed by atoms with Crippen molar-refractivity contribution in [3.05, 3.63) is 47.8 Å². The van der Waals surface area contributed by atoms with Crippen molar-refractivity contribution in [2.75, 3.05) is 0 Å². The topological polar surface area (TPSA) is 50.2 Å². The summed E-state index contributed by atoms with van der Waals surface area (Å²) in [5.74, 6) is 1.54. The molecule has 1 unspecified atom stereocenters. The third kappa shape index (κ3) is 2.37. The molecule has 0 aliphatic heterocycles. The molecule has 0 spiro atoms. The highest BCUT2D eigenvalue weighted by Crippen LogP contribution is 2.66. The summed E-state index contributed by atoms with van der Waals surface area (Å²) in [6.07, 6.45) is 13.4. The molecule has 0 amide bonds. The minimum atomic E-state index is -0.327. The predicted octanol–water partition coefficient (Wildman–Crippen LogP) is 4.58. The van der Waals surface area contributed by atoms with Gasteiger partial charge in [0, 0.05) is 18.8 Å². The van der Waals surface area contributed by atoms with Gasteiger partial charge in [-0.15, -0.1) is 0 Å². The number of nitrogens with zero attached hydrogens (tertiary/aromatic N) is 1. The van der Waals surface area contributed by atoms with Crippen LogP contribution in [-0.4, -0.2) is 22.0 Å². The monoisotopic (exact) mass is 363 g/mol. The molecule has 4 aliphatic carbocycles. The molecule has 4 aliphatic rings. The number of aliphatic hydroxyl groups excluding tert-OH is 1. The van der Waals surface area contributed by atoms with Gasteiger partial charge in [-0.2, -0.15) is 0 Å². The van der Waals surface area contributed by atoms with Gasteiger partial charge in [-0.05, 0) is 84.0 Å². The Morgan fingerprint density at radius 3 is 2.81 bits per heavy atom. The molecule has 142 valence electrons. The van der Waals surface area contributed by atoms with Crippen molar-refractivity contribution in [2.45, 2.75) is 58.5 Å². The number of carbonyl (C=O) groups is 1. The highest BCUT2D eigenvalue weighted by Gasteiger charge is 2.59. The Balaban J connectivity index is 1.52. The first-order valence-electron chi connectivity index (χ1n) is 10.5. The van der Waals surface area contributed by atoms with Crippen molar-refractivity contribution in [3.8, 4) is 0 Å². The van der Waals surface area contributed by atoms with Gasteiger partial charge in [0.25, 0.3) is 0 Å². The van der Waals surface area contributed by atoms with Crippen LogP contribution in [0.3, 0.4) is 0 Å². The number of carbonyl (C=O) groups excluding carboxylic acids is 1. The maximum absolute atomic E-state index is 12.0. The summed E-state index contributed by atoms with van der Waals surface area (Å²) in [5, 5.41) is 11.2. The second-order valence-electron chi connectivity index (χ2n) is 9.67. The normalized spacial score (nSPS) is 43.3. The summed E-state index contributed by atoms with van der Waals surface area (Å²) in [6.45, 7) is 4.77. The zero-order valence-electron chi connectivity index (χ0n) is 16.3. The highest BCUT2D eigenvalue weighted by molar-refractivity contribution is 5.91. The van der Waals surface area contributed by atoms with Crippen molar-refractivity contribution in [1.82, 2.24) is 4.98 Å². The number of fused-ring (bicyclic) bond motifs is 5. The maximum atomic E-state index is 12.0. The molecule has 6 atom stereocenters. The lowest BCUT2D eigenvalue weighted by Crippen LogP contribution is -2.55. The molecule has 2 fully saturated rings. The maximum Gasteiger partial charge on any atom is 0.155 e. The summed E-state index contributed by atoms with van der Waals surface area (Å²) in [5.41, 5.74) is 4.09. The van der Waals surface area contributed by atoms with Crippen LogP contribution in [0.15, 0.2) is 42.3 Å². The number of rotatable bonds is 1. The molecule has 0 saturated heterocycles. The molecule has 3 heteroatoms. The first-order valence-corrected chi connectivity index (χ1v) is 10.5. The number of aliphatic hydroxyl groups is 1. The van der Waals surface area contributed by atoms with Gasteiger partial charge in [0.2, 0.25) is 0 Å². The van der Waals surface area contributed by atoms with Crippen LogP contribution < -0.4 is 0 Å². The summed E-state index contributed by atoms with van der Waals surface area (Å²) in [4.78, 5) is 16.3. The second kappa shape index (κ2) is 5.88. The van der Waals surface area contributed by atoms with Crippen molar-refractivity contribution >= 4 is 11.4 Å². The van der Waals surface area contributed by atoms with E-state index in [1.807, 2.05) is 24.5 Å². The van der Waals surface area contributed by atoms with Crippen molar-refractivity contribution in [1.29, 1.82) is 0 Å². The fourth-order valence-corrected chi connectivity index (χ4v) is 7.07. The van der Waals surface area contributed by atoms with Crippen LogP contribution in [0.2, 0.25) is 0 Å². The van der Waals surface area contributed by atoms with E-state index < -0.39 is 0 Å². The van der Waals surface area contributed by atoms with Gasteiger partial charge >= 0.3 is 0 Å². The van der Waals surface area contributed by atoms with Crippen LogP contribution in [0.25, 0.3) is 5.57 Å². The van der Waals surface area contributed by atoms with E-state index in [4.69, 9.17) is 0 Å². The Labute approximate surface area is 161 Å². The van der Waals surface area contributed by atoms with Gasteiger partial charge in [0.15, 0.2) is 5.78 Å². The first-order chi connectivity index (χ1) is 12.9. The number of ketones is 1. The Morgan fingerprint density at radius 1 is 1.19 bits per heavy atom. The lowest BCUT2D eigenvalue weighted by atomic mass is 9.46. The number of hydrogen-bond donors (Lipinski definition) is 1. The van der Waals surface area contributed by atoms with E-state index >= 15 is 0 Å². The smallest absolute Gasteiger partial charge is 0.155 e. The zero-order valence-corrected chi connectivity index (χ0v) is 16.3. The predicted molar refractivity (Wildman–Crippen MR) is 106 cm³/mol. The minimum Gasteiger partial charge on any atom is -0.392 e. The van der Waals surface area contributed by atoms with Gasteiger partial charge in [-0.3, -0.25) is 9.78 Å². The standard InChI is InChI=1S/C24H29NO2/c1-23-9-7-17(26)12-16(23)13-21(27)22-19-6-5-18(15-4-3-11-25-14-15)24(19,2)10-8-20(22)23/h3-5,11-12,14,19-22,27H,6-10,13H2,1-2H3/t19-,20+,21?,22-,23-,24+/m0/s1. The van der Waals surface area contributed by atoms with Gasteiger partial charge < -0.3 is 5.11 Å². The zero-order chi connectivity index (χ0) is 18.8. The highest BCUT2D eigenvalue weighted by atomic mass is 16.3. The molecule has 1 N–H and O–H groups in total. The largest absolute Gasteiger partial charge is 0.392 e. The average Bonchev–Trinajstić information content (AvgIpc) is 3.01. The van der Waals surface area contributed by atoms with E-state index in [0.29, 0.717) is 30.6 Å². The Kier molecular flexibility index (Phi) is 3.78. The van der Waals surface area contributed by atoms with Gasteiger partial charge in [0.05, 0.1) is 6.10 Å². The molecule has 1 heterocycles. The van der Waals surface area contributed by atoms with Crippen molar-refractivity contribution in [3.63, 3.8) is 0 Å². The summed E-state index contributed by atoms with van der Waals surface area (Å²) in [7, 11) is 0. The van der Waals surface area contributed by atoms with E-state index in [9.17, 15) is 9.90 Å². The molecular weight excluding hydrogens is 334 g/mol. The second-order valence-corrected chi connectivity index (χ2v) is 9.67. The number of aromatic nitrogens is 1. The van der Waals surface area contributed by atoms with Crippen LogP contribution in [-0.2, 0) is 4.79 Å². The molecule has 3 nitrogen and oxygen atoms in total. The van der Waals surface area contributed by atoms with E-state index in [1.165, 1.54) is 16.7 Å². The van der Waals surface area contributed by atoms with Crippen LogP contribution in [0, 0.1) is 28.6 Å². The van der Waals surface area contributed by atoms with E-state index in [0.717, 1.165) is 25.7 Å². The SMILES string of the molecule is C[C@]12CCC(=O)C=C1CC(O)[C@@H]1[C@H]2CC[C@]2(C)C(c3cccnc3)=CC[C@@H]12. The summed E-state index contributed by atoms with van der Waals surface area (Å²) < 4.78 is 0. The molecular formula is C24H29NO2.